The van der Waals surface area contributed by atoms with Crippen LogP contribution in [0.3, 0.4) is 0 Å². The van der Waals surface area contributed by atoms with Gasteiger partial charge in [-0.2, -0.15) is 0 Å². The second-order valence-electron chi connectivity index (χ2n) is 4.66. The number of aryl methyl sites for hydroxylation is 1. The van der Waals surface area contributed by atoms with Crippen LogP contribution in [0.1, 0.15) is 64.0 Å². The zero-order valence-electron chi connectivity index (χ0n) is 10.9. The highest BCUT2D eigenvalue weighted by Crippen LogP contribution is 2.16. The third-order valence-electron chi connectivity index (χ3n) is 3.10. The minimum absolute atomic E-state index is 0.815. The second-order valence-corrected chi connectivity index (χ2v) is 5.06. The maximum absolute atomic E-state index is 6.06. The molecule has 0 bridgehead atoms. The van der Waals surface area contributed by atoms with Gasteiger partial charge in [0.2, 0.25) is 0 Å². The van der Waals surface area contributed by atoms with Crippen molar-refractivity contribution in [3.8, 4) is 0 Å². The molecule has 1 nitrogen and oxygen atoms in total. The quantitative estimate of drug-likeness (QED) is 0.536. The summed E-state index contributed by atoms with van der Waals surface area (Å²) in [5.74, 6) is 0. The molecule has 0 radical (unpaired) electrons. The van der Waals surface area contributed by atoms with Gasteiger partial charge >= 0.3 is 0 Å². The number of hydrogen-bond acceptors (Lipinski definition) is 1. The van der Waals surface area contributed by atoms with E-state index < -0.39 is 0 Å². The number of rotatable bonds is 9. The summed E-state index contributed by atoms with van der Waals surface area (Å²) in [6.45, 7) is 2.26. The van der Waals surface area contributed by atoms with E-state index in [-0.39, 0.29) is 0 Å². The van der Waals surface area contributed by atoms with E-state index in [0.29, 0.717) is 0 Å². The lowest BCUT2D eigenvalue weighted by Gasteiger charge is -2.03. The van der Waals surface area contributed by atoms with Crippen molar-refractivity contribution < 1.29 is 0 Å². The summed E-state index contributed by atoms with van der Waals surface area (Å²) in [7, 11) is 0. The Kier molecular flexibility index (Phi) is 8.08. The van der Waals surface area contributed by atoms with Gasteiger partial charge in [0.25, 0.3) is 0 Å². The Labute approximate surface area is 111 Å². The molecule has 0 saturated heterocycles. The van der Waals surface area contributed by atoms with Crippen LogP contribution in [0.2, 0.25) is 5.02 Å². The first-order valence-corrected chi connectivity index (χ1v) is 7.31. The standard InChI is InChI=1S/C15H24ClN/c1-2-3-4-5-6-7-8-9-12-15-14(16)11-10-13-17-15/h10-11,13H,2-9,12H2,1H3. The van der Waals surface area contributed by atoms with Crippen LogP contribution in [-0.4, -0.2) is 4.98 Å². The third-order valence-corrected chi connectivity index (χ3v) is 3.45. The molecule has 1 rings (SSSR count). The van der Waals surface area contributed by atoms with Crippen LogP contribution in [0.15, 0.2) is 18.3 Å². The van der Waals surface area contributed by atoms with Crippen LogP contribution in [0.5, 0.6) is 0 Å². The summed E-state index contributed by atoms with van der Waals surface area (Å²) in [6.07, 6.45) is 13.6. The van der Waals surface area contributed by atoms with Crippen LogP contribution in [0.4, 0.5) is 0 Å². The highest BCUT2D eigenvalue weighted by Gasteiger charge is 1.99. The summed E-state index contributed by atoms with van der Waals surface area (Å²) in [5, 5.41) is 0.815. The van der Waals surface area contributed by atoms with Crippen LogP contribution < -0.4 is 0 Å². The van der Waals surface area contributed by atoms with Gasteiger partial charge in [0.1, 0.15) is 0 Å². The molecule has 0 aromatic carbocycles. The SMILES string of the molecule is CCCCCCCCCCc1ncccc1Cl. The molecule has 0 amide bonds. The summed E-state index contributed by atoms with van der Waals surface area (Å²) in [6, 6.07) is 3.81. The lowest BCUT2D eigenvalue weighted by Crippen LogP contribution is -1.91. The van der Waals surface area contributed by atoms with Gasteiger partial charge in [0, 0.05) is 6.20 Å². The van der Waals surface area contributed by atoms with Gasteiger partial charge in [-0.15, -0.1) is 0 Å². The molecule has 2 heteroatoms. The predicted octanol–water partition coefficient (Wildman–Crippen LogP) is 5.42. The maximum Gasteiger partial charge on any atom is 0.0621 e. The number of hydrogen-bond donors (Lipinski definition) is 0. The Hall–Kier alpha value is -0.560. The minimum Gasteiger partial charge on any atom is -0.260 e. The smallest absolute Gasteiger partial charge is 0.0621 e. The maximum atomic E-state index is 6.06. The van der Waals surface area contributed by atoms with Crippen molar-refractivity contribution in [2.24, 2.45) is 0 Å². The van der Waals surface area contributed by atoms with E-state index in [9.17, 15) is 0 Å². The zero-order valence-corrected chi connectivity index (χ0v) is 11.7. The lowest BCUT2D eigenvalue weighted by molar-refractivity contribution is 0.574. The molecule has 0 aliphatic carbocycles. The highest BCUT2D eigenvalue weighted by atomic mass is 35.5. The molecule has 0 aliphatic heterocycles. The van der Waals surface area contributed by atoms with E-state index in [1.807, 2.05) is 18.3 Å². The third kappa shape index (κ3) is 6.68. The molecule has 1 aromatic rings. The van der Waals surface area contributed by atoms with E-state index in [0.717, 1.165) is 17.1 Å². The van der Waals surface area contributed by atoms with E-state index in [2.05, 4.69) is 11.9 Å². The van der Waals surface area contributed by atoms with Gasteiger partial charge in [-0.05, 0) is 25.0 Å². The Morgan fingerprint density at radius 1 is 1.00 bits per heavy atom. The fraction of sp³-hybridized carbons (Fsp3) is 0.667. The minimum atomic E-state index is 0.815. The summed E-state index contributed by atoms with van der Waals surface area (Å²) in [4.78, 5) is 4.30. The van der Waals surface area contributed by atoms with E-state index >= 15 is 0 Å². The molecular weight excluding hydrogens is 230 g/mol. The molecule has 0 saturated carbocycles. The number of nitrogens with zero attached hydrogens (tertiary/aromatic N) is 1. The van der Waals surface area contributed by atoms with Gasteiger partial charge in [-0.3, -0.25) is 4.98 Å². The fourth-order valence-corrected chi connectivity index (χ4v) is 2.24. The molecule has 0 aliphatic rings. The van der Waals surface area contributed by atoms with E-state index in [1.165, 1.54) is 51.4 Å². The van der Waals surface area contributed by atoms with Crippen LogP contribution in [0.25, 0.3) is 0 Å². The van der Waals surface area contributed by atoms with Crippen molar-refractivity contribution in [1.29, 1.82) is 0 Å². The van der Waals surface area contributed by atoms with Gasteiger partial charge in [0.15, 0.2) is 0 Å². The normalized spacial score (nSPS) is 10.7. The fourth-order valence-electron chi connectivity index (χ4n) is 2.03. The Morgan fingerprint density at radius 3 is 2.29 bits per heavy atom. The van der Waals surface area contributed by atoms with Gasteiger partial charge < -0.3 is 0 Å². The van der Waals surface area contributed by atoms with E-state index in [4.69, 9.17) is 11.6 Å². The number of aromatic nitrogens is 1. The molecule has 0 unspecified atom stereocenters. The lowest BCUT2D eigenvalue weighted by atomic mass is 10.1. The molecule has 0 spiro atoms. The molecule has 0 N–H and O–H groups in total. The summed E-state index contributed by atoms with van der Waals surface area (Å²) < 4.78 is 0. The number of halogens is 1. The Balaban J connectivity index is 1.99. The zero-order chi connectivity index (χ0) is 12.3. The van der Waals surface area contributed by atoms with Crippen LogP contribution in [0, 0.1) is 0 Å². The predicted molar refractivity (Wildman–Crippen MR) is 75.6 cm³/mol. The second kappa shape index (κ2) is 9.47. The highest BCUT2D eigenvalue weighted by molar-refractivity contribution is 6.31. The largest absolute Gasteiger partial charge is 0.260 e. The molecule has 1 heterocycles. The van der Waals surface area contributed by atoms with Crippen molar-refractivity contribution in [1.82, 2.24) is 4.98 Å². The van der Waals surface area contributed by atoms with Crippen LogP contribution >= 0.6 is 11.6 Å². The van der Waals surface area contributed by atoms with Crippen LogP contribution in [-0.2, 0) is 6.42 Å². The van der Waals surface area contributed by atoms with E-state index in [1.54, 1.807) is 0 Å². The first-order valence-electron chi connectivity index (χ1n) is 6.94. The first kappa shape index (κ1) is 14.5. The average Bonchev–Trinajstić information content (AvgIpc) is 2.35. The molecule has 0 atom stereocenters. The topological polar surface area (TPSA) is 12.9 Å². The Bertz CT molecular complexity index is 299. The van der Waals surface area contributed by atoms with Crippen molar-refractivity contribution in [2.75, 3.05) is 0 Å². The van der Waals surface area contributed by atoms with Crippen molar-refractivity contribution in [3.05, 3.63) is 29.0 Å². The number of pyridine rings is 1. The van der Waals surface area contributed by atoms with Crippen molar-refractivity contribution in [3.63, 3.8) is 0 Å². The van der Waals surface area contributed by atoms with Gasteiger partial charge in [0.05, 0.1) is 10.7 Å². The molecule has 0 fully saturated rings. The van der Waals surface area contributed by atoms with Crippen molar-refractivity contribution in [2.45, 2.75) is 64.7 Å². The number of unbranched alkanes of at least 4 members (excludes halogenated alkanes) is 7. The average molecular weight is 254 g/mol. The van der Waals surface area contributed by atoms with Gasteiger partial charge in [-0.25, -0.2) is 0 Å². The molecule has 17 heavy (non-hydrogen) atoms. The molecular formula is C15H24ClN. The molecule has 96 valence electrons. The van der Waals surface area contributed by atoms with Crippen molar-refractivity contribution >= 4 is 11.6 Å². The Morgan fingerprint density at radius 2 is 1.65 bits per heavy atom. The monoisotopic (exact) mass is 253 g/mol. The summed E-state index contributed by atoms with van der Waals surface area (Å²) in [5.41, 5.74) is 1.06. The van der Waals surface area contributed by atoms with Gasteiger partial charge in [-0.1, -0.05) is 63.5 Å². The molecule has 1 aromatic heterocycles. The first-order chi connectivity index (χ1) is 8.34. The summed E-state index contributed by atoms with van der Waals surface area (Å²) >= 11 is 6.06.